The molecule has 0 rings (SSSR count). The number of hydrogen-bond acceptors (Lipinski definition) is 0. The Bertz CT molecular complexity index is 9.74. The van der Waals surface area contributed by atoms with Gasteiger partial charge in [0.25, 0.3) is 0 Å². The summed E-state index contributed by atoms with van der Waals surface area (Å²) in [5.74, 6) is 0. The van der Waals surface area contributed by atoms with E-state index >= 15 is 0 Å². The van der Waals surface area contributed by atoms with Gasteiger partial charge in [0.1, 0.15) is 0 Å². The summed E-state index contributed by atoms with van der Waals surface area (Å²) in [5, 5.41) is 0. The van der Waals surface area contributed by atoms with Crippen molar-refractivity contribution in [1.29, 1.82) is 0 Å². The second-order valence-corrected chi connectivity index (χ2v) is 0. The maximum absolute atomic E-state index is 0. The first-order valence-corrected chi connectivity index (χ1v) is 0. The average molecular weight is 253 g/mol. The quantitative estimate of drug-likeness (QED) is 0.299. The molecule has 0 bridgehead atoms. The Hall–Kier alpha value is 4.91. The molecule has 0 spiro atoms. The first-order chi connectivity index (χ1) is 0. The normalized spacial score (nSPS) is 0. The SMILES string of the molecule is [CH3-].[CH3-].[CH3-].[CH3-].[CH3-].[CH3-].[CH3-].[CH3-].[CH3-].[K+].[K+].[K+]. The Labute approximate surface area is 214 Å². The van der Waals surface area contributed by atoms with Crippen LogP contribution in [0, 0.1) is 66.8 Å². The van der Waals surface area contributed by atoms with Crippen LogP contribution in [-0.4, -0.2) is 0 Å². The third-order valence-electron chi connectivity index (χ3n) is 0. The molecule has 0 aliphatic heterocycles. The zero-order valence-electron chi connectivity index (χ0n) is 12.0. The van der Waals surface area contributed by atoms with Gasteiger partial charge in [-0.05, 0) is 0 Å². The van der Waals surface area contributed by atoms with Crippen molar-refractivity contribution in [2.45, 2.75) is 0 Å². The molecule has 0 aromatic carbocycles. The summed E-state index contributed by atoms with van der Waals surface area (Å²) in [6, 6.07) is 0. The molecule has 0 radical (unpaired) electrons. The van der Waals surface area contributed by atoms with Crippen LogP contribution in [0.25, 0.3) is 0 Å². The van der Waals surface area contributed by atoms with Crippen LogP contribution in [0.3, 0.4) is 0 Å². The Balaban J connectivity index is 0. The molecule has 0 aromatic heterocycles. The van der Waals surface area contributed by atoms with Gasteiger partial charge in [0, 0.05) is 0 Å². The number of rotatable bonds is 0. The van der Waals surface area contributed by atoms with Gasteiger partial charge in [-0.1, -0.05) is 0 Å². The van der Waals surface area contributed by atoms with Gasteiger partial charge < -0.3 is 66.8 Å². The van der Waals surface area contributed by atoms with Crippen LogP contribution >= 0.6 is 0 Å². The molecule has 0 aliphatic carbocycles. The van der Waals surface area contributed by atoms with Gasteiger partial charge >= 0.3 is 154 Å². The van der Waals surface area contributed by atoms with E-state index in [2.05, 4.69) is 0 Å². The topological polar surface area (TPSA) is 0 Å². The summed E-state index contributed by atoms with van der Waals surface area (Å²) in [6.07, 6.45) is 0. The largest absolute Gasteiger partial charge is 1.00 e. The van der Waals surface area contributed by atoms with E-state index in [1.165, 1.54) is 0 Å². The minimum absolute atomic E-state index is 0. The molecular weight excluding hydrogens is 225 g/mol. The molecule has 0 saturated carbocycles. The molecule has 0 nitrogen and oxygen atoms in total. The van der Waals surface area contributed by atoms with E-state index < -0.39 is 0 Å². The summed E-state index contributed by atoms with van der Waals surface area (Å²) >= 11 is 0. The van der Waals surface area contributed by atoms with E-state index in [0.717, 1.165) is 0 Å². The Morgan fingerprint density at radius 1 is 0.167 bits per heavy atom. The van der Waals surface area contributed by atoms with E-state index in [1.54, 1.807) is 0 Å². The molecule has 72 valence electrons. The summed E-state index contributed by atoms with van der Waals surface area (Å²) in [7, 11) is 0. The zero-order chi connectivity index (χ0) is 0. The second-order valence-electron chi connectivity index (χ2n) is 0. The number of hydrogen-bond donors (Lipinski definition) is 0. The first kappa shape index (κ1) is 178. The smallest absolute Gasteiger partial charge is 0.358 e. The molecule has 0 fully saturated rings. The second kappa shape index (κ2) is 147. The van der Waals surface area contributed by atoms with Crippen molar-refractivity contribution in [3.63, 3.8) is 0 Å². The van der Waals surface area contributed by atoms with Gasteiger partial charge in [0.2, 0.25) is 0 Å². The molecule has 0 saturated heterocycles. The average Bonchev–Trinajstić information content (AvgIpc) is 0. The van der Waals surface area contributed by atoms with Crippen LogP contribution in [-0.2, 0) is 0 Å². The van der Waals surface area contributed by atoms with E-state index in [4.69, 9.17) is 0 Å². The summed E-state index contributed by atoms with van der Waals surface area (Å²) in [6.45, 7) is 0. The third-order valence-corrected chi connectivity index (χ3v) is 0. The van der Waals surface area contributed by atoms with Crippen molar-refractivity contribution in [2.24, 2.45) is 0 Å². The molecule has 3 heteroatoms. The Morgan fingerprint density at radius 3 is 0.167 bits per heavy atom. The van der Waals surface area contributed by atoms with E-state index in [1.807, 2.05) is 0 Å². The molecule has 12 heavy (non-hydrogen) atoms. The summed E-state index contributed by atoms with van der Waals surface area (Å²) < 4.78 is 0. The van der Waals surface area contributed by atoms with Crippen molar-refractivity contribution in [2.75, 3.05) is 0 Å². The summed E-state index contributed by atoms with van der Waals surface area (Å²) in [5.41, 5.74) is 0. The minimum atomic E-state index is 0. The van der Waals surface area contributed by atoms with Crippen molar-refractivity contribution >= 4 is 0 Å². The molecule has 0 aliphatic rings. The van der Waals surface area contributed by atoms with Gasteiger partial charge in [-0.15, -0.1) is 0 Å². The van der Waals surface area contributed by atoms with Crippen molar-refractivity contribution < 1.29 is 154 Å². The Kier molecular flexibility index (Phi) is 2170. The third kappa shape index (κ3) is 120. The van der Waals surface area contributed by atoms with Crippen LogP contribution < -0.4 is 154 Å². The standard InChI is InChI=1S/9CH3.3K/h9*1H3;;;/q9*-1;3*+1. The van der Waals surface area contributed by atoms with Crippen LogP contribution in [0.2, 0.25) is 0 Å². The van der Waals surface area contributed by atoms with Gasteiger partial charge in [-0.25, -0.2) is 0 Å². The van der Waals surface area contributed by atoms with Crippen LogP contribution in [0.5, 0.6) is 0 Å². The maximum Gasteiger partial charge on any atom is 1.00 e. The van der Waals surface area contributed by atoms with Crippen LogP contribution in [0.1, 0.15) is 0 Å². The van der Waals surface area contributed by atoms with E-state index in [0.29, 0.717) is 0 Å². The van der Waals surface area contributed by atoms with E-state index in [-0.39, 0.29) is 221 Å². The van der Waals surface area contributed by atoms with Crippen molar-refractivity contribution in [3.05, 3.63) is 66.8 Å². The zero-order valence-corrected chi connectivity index (χ0v) is 21.4. The predicted molar refractivity (Wildman–Crippen MR) is 57.7 cm³/mol. The van der Waals surface area contributed by atoms with Gasteiger partial charge in [0.15, 0.2) is 0 Å². The fourth-order valence-electron chi connectivity index (χ4n) is 0. The molecule has 0 amide bonds. The van der Waals surface area contributed by atoms with Gasteiger partial charge in [-0.3, -0.25) is 0 Å². The molecule has 0 heterocycles. The maximum atomic E-state index is 0. The van der Waals surface area contributed by atoms with Crippen LogP contribution in [0.4, 0.5) is 0 Å². The van der Waals surface area contributed by atoms with Crippen LogP contribution in [0.15, 0.2) is 0 Å². The predicted octanol–water partition coefficient (Wildman–Crippen LogP) is -4.94. The first-order valence-electron chi connectivity index (χ1n) is 0. The molecule has 0 aromatic rings. The van der Waals surface area contributed by atoms with Crippen molar-refractivity contribution in [3.8, 4) is 0 Å². The monoisotopic (exact) mass is 252 g/mol. The fraction of sp³-hybridized carbons (Fsp3) is 0. The molecule has 0 N–H and O–H groups in total. The Morgan fingerprint density at radius 2 is 0.167 bits per heavy atom. The fourth-order valence-corrected chi connectivity index (χ4v) is 0. The molecule has 0 atom stereocenters. The van der Waals surface area contributed by atoms with Gasteiger partial charge in [-0.2, -0.15) is 0 Å². The molecule has 0 unspecified atom stereocenters. The minimum Gasteiger partial charge on any atom is -0.358 e. The van der Waals surface area contributed by atoms with E-state index in [9.17, 15) is 0 Å². The summed E-state index contributed by atoms with van der Waals surface area (Å²) in [4.78, 5) is 0. The van der Waals surface area contributed by atoms with Gasteiger partial charge in [0.05, 0.1) is 0 Å². The molecular formula is C9H27K3-6. The van der Waals surface area contributed by atoms with Crippen molar-refractivity contribution in [1.82, 2.24) is 0 Å².